The van der Waals surface area contributed by atoms with E-state index in [9.17, 15) is 0 Å². The van der Waals surface area contributed by atoms with Gasteiger partial charge in [0.1, 0.15) is 0 Å². The van der Waals surface area contributed by atoms with Gasteiger partial charge in [-0.2, -0.15) is 0 Å². The largest absolute Gasteiger partial charge is 0.371 e. The van der Waals surface area contributed by atoms with Gasteiger partial charge in [0.25, 0.3) is 0 Å². The van der Waals surface area contributed by atoms with Crippen molar-refractivity contribution in [1.29, 1.82) is 0 Å². The maximum atomic E-state index is 5.91. The smallest absolute Gasteiger partial charge is 0.0449 e. The van der Waals surface area contributed by atoms with Gasteiger partial charge in [0.15, 0.2) is 0 Å². The molecule has 0 unspecified atom stereocenters. The Kier molecular flexibility index (Phi) is 3.44. The summed E-state index contributed by atoms with van der Waals surface area (Å²) in [5.74, 6) is 0.493. The molecule has 0 amide bonds. The van der Waals surface area contributed by atoms with Crippen molar-refractivity contribution in [3.8, 4) is 0 Å². The molecule has 88 valence electrons. The van der Waals surface area contributed by atoms with Gasteiger partial charge < -0.3 is 10.6 Å². The zero-order valence-electron chi connectivity index (χ0n) is 10.2. The molecule has 1 aromatic heterocycles. The van der Waals surface area contributed by atoms with Crippen molar-refractivity contribution in [3.05, 3.63) is 24.0 Å². The van der Waals surface area contributed by atoms with E-state index in [1.165, 1.54) is 11.4 Å². The Bertz CT molecular complexity index is 341. The van der Waals surface area contributed by atoms with Gasteiger partial charge in [-0.25, -0.2) is 0 Å². The second kappa shape index (κ2) is 4.83. The maximum absolute atomic E-state index is 5.91. The van der Waals surface area contributed by atoms with Crippen LogP contribution in [0.4, 0.5) is 5.69 Å². The Labute approximate surface area is 97.7 Å². The third-order valence-electron chi connectivity index (χ3n) is 3.26. The van der Waals surface area contributed by atoms with Crippen LogP contribution < -0.4 is 10.6 Å². The minimum absolute atomic E-state index is 0.391. The topological polar surface area (TPSA) is 42.1 Å². The third-order valence-corrected chi connectivity index (χ3v) is 3.26. The molecule has 3 nitrogen and oxygen atoms in total. The van der Waals surface area contributed by atoms with Crippen LogP contribution in [0.5, 0.6) is 0 Å². The van der Waals surface area contributed by atoms with Gasteiger partial charge in [-0.3, -0.25) is 4.98 Å². The molecule has 0 aromatic carbocycles. The van der Waals surface area contributed by atoms with Crippen LogP contribution in [0, 0.1) is 0 Å². The summed E-state index contributed by atoms with van der Waals surface area (Å²) in [6.45, 7) is 6.50. The molecular formula is C13H21N3. The lowest BCUT2D eigenvalue weighted by Crippen LogP contribution is -2.39. The van der Waals surface area contributed by atoms with E-state index in [4.69, 9.17) is 5.73 Å². The average Bonchev–Trinajstić information content (AvgIpc) is 2.30. The first-order chi connectivity index (χ1) is 7.66. The first-order valence-corrected chi connectivity index (χ1v) is 6.13. The Balaban J connectivity index is 2.11. The van der Waals surface area contributed by atoms with Crippen LogP contribution in [0.15, 0.2) is 18.3 Å². The molecule has 1 aliphatic heterocycles. The number of hydrogen-bond acceptors (Lipinski definition) is 3. The zero-order valence-corrected chi connectivity index (χ0v) is 10.2. The van der Waals surface area contributed by atoms with Crippen molar-refractivity contribution in [1.82, 2.24) is 4.98 Å². The third kappa shape index (κ3) is 2.53. The number of hydrogen-bond donors (Lipinski definition) is 1. The van der Waals surface area contributed by atoms with E-state index in [1.54, 1.807) is 0 Å². The lowest BCUT2D eigenvalue weighted by atomic mass is 10.0. The van der Waals surface area contributed by atoms with E-state index in [0.717, 1.165) is 25.9 Å². The van der Waals surface area contributed by atoms with E-state index < -0.39 is 0 Å². The Morgan fingerprint density at radius 3 is 2.69 bits per heavy atom. The molecule has 1 aliphatic rings. The lowest BCUT2D eigenvalue weighted by molar-refractivity contribution is 0.501. The van der Waals surface area contributed by atoms with E-state index in [-0.39, 0.29) is 0 Å². The molecule has 16 heavy (non-hydrogen) atoms. The molecule has 1 saturated heterocycles. The van der Waals surface area contributed by atoms with Gasteiger partial charge in [0, 0.05) is 36.7 Å². The van der Waals surface area contributed by atoms with Crippen LogP contribution in [0.25, 0.3) is 0 Å². The van der Waals surface area contributed by atoms with Gasteiger partial charge in [0.05, 0.1) is 0 Å². The highest BCUT2D eigenvalue weighted by Gasteiger charge is 2.16. The summed E-state index contributed by atoms with van der Waals surface area (Å²) >= 11 is 0. The molecule has 0 aliphatic carbocycles. The molecule has 0 atom stereocenters. The van der Waals surface area contributed by atoms with E-state index in [1.807, 2.05) is 6.20 Å². The minimum atomic E-state index is 0.391. The average molecular weight is 219 g/mol. The molecule has 0 bridgehead atoms. The summed E-state index contributed by atoms with van der Waals surface area (Å²) in [6, 6.07) is 4.70. The molecule has 0 saturated carbocycles. The second-order valence-corrected chi connectivity index (χ2v) is 4.92. The number of nitrogens with two attached hydrogens (primary N) is 1. The highest BCUT2D eigenvalue weighted by Crippen LogP contribution is 2.22. The molecule has 2 heterocycles. The van der Waals surface area contributed by atoms with Crippen molar-refractivity contribution < 1.29 is 0 Å². The molecule has 3 heteroatoms. The normalized spacial score (nSPS) is 18.1. The zero-order chi connectivity index (χ0) is 11.5. The fourth-order valence-corrected chi connectivity index (χ4v) is 2.11. The summed E-state index contributed by atoms with van der Waals surface area (Å²) in [5, 5.41) is 0. The maximum Gasteiger partial charge on any atom is 0.0449 e. The highest BCUT2D eigenvalue weighted by atomic mass is 15.1. The van der Waals surface area contributed by atoms with Gasteiger partial charge in [-0.1, -0.05) is 13.8 Å². The highest BCUT2D eigenvalue weighted by molar-refractivity contribution is 5.47. The summed E-state index contributed by atoms with van der Waals surface area (Å²) in [5.41, 5.74) is 8.38. The lowest BCUT2D eigenvalue weighted by Gasteiger charge is -2.32. The molecular weight excluding hydrogens is 198 g/mol. The van der Waals surface area contributed by atoms with Crippen LogP contribution in [-0.4, -0.2) is 24.1 Å². The molecule has 0 spiro atoms. The number of rotatable bonds is 2. The first-order valence-electron chi connectivity index (χ1n) is 6.13. The van der Waals surface area contributed by atoms with Crippen LogP contribution >= 0.6 is 0 Å². The molecule has 2 N–H and O–H groups in total. The standard InChI is InChI=1S/C13H21N3/c1-10(2)13-9-12(3-6-15-13)16-7-4-11(14)5-8-16/h3,6,9-11H,4-5,7-8,14H2,1-2H3. The summed E-state index contributed by atoms with van der Waals surface area (Å²) in [4.78, 5) is 6.81. The predicted octanol–water partition coefficient (Wildman–Crippen LogP) is 2.13. The van der Waals surface area contributed by atoms with Gasteiger partial charge >= 0.3 is 0 Å². The number of pyridine rings is 1. The molecule has 2 rings (SSSR count). The minimum Gasteiger partial charge on any atom is -0.371 e. The van der Waals surface area contributed by atoms with Crippen LogP contribution in [0.1, 0.15) is 38.3 Å². The molecule has 1 aromatic rings. The van der Waals surface area contributed by atoms with Crippen molar-refractivity contribution in [3.63, 3.8) is 0 Å². The molecule has 1 fully saturated rings. The number of nitrogens with zero attached hydrogens (tertiary/aromatic N) is 2. The van der Waals surface area contributed by atoms with Crippen LogP contribution in [0.3, 0.4) is 0 Å². The SMILES string of the molecule is CC(C)c1cc(N2CCC(N)CC2)ccn1. The van der Waals surface area contributed by atoms with Gasteiger partial charge in [-0.05, 0) is 30.9 Å². The second-order valence-electron chi connectivity index (χ2n) is 4.92. The van der Waals surface area contributed by atoms with Gasteiger partial charge in [0.2, 0.25) is 0 Å². The van der Waals surface area contributed by atoms with Crippen LogP contribution in [0.2, 0.25) is 0 Å². The van der Waals surface area contributed by atoms with E-state index >= 15 is 0 Å². The van der Waals surface area contributed by atoms with Crippen molar-refractivity contribution >= 4 is 5.69 Å². The summed E-state index contributed by atoms with van der Waals surface area (Å²) in [6.07, 6.45) is 4.11. The molecule has 0 radical (unpaired) electrons. The van der Waals surface area contributed by atoms with Crippen molar-refractivity contribution in [2.24, 2.45) is 5.73 Å². The Morgan fingerprint density at radius 1 is 1.38 bits per heavy atom. The van der Waals surface area contributed by atoms with E-state index in [0.29, 0.717) is 12.0 Å². The predicted molar refractivity (Wildman–Crippen MR) is 67.7 cm³/mol. The fourth-order valence-electron chi connectivity index (χ4n) is 2.11. The fraction of sp³-hybridized carbons (Fsp3) is 0.615. The quantitative estimate of drug-likeness (QED) is 0.828. The first kappa shape index (κ1) is 11.4. The summed E-state index contributed by atoms with van der Waals surface area (Å²) in [7, 11) is 0. The summed E-state index contributed by atoms with van der Waals surface area (Å²) < 4.78 is 0. The van der Waals surface area contributed by atoms with Crippen LogP contribution in [-0.2, 0) is 0 Å². The monoisotopic (exact) mass is 219 g/mol. The van der Waals surface area contributed by atoms with E-state index in [2.05, 4.69) is 35.9 Å². The van der Waals surface area contributed by atoms with Crippen molar-refractivity contribution in [2.75, 3.05) is 18.0 Å². The number of aromatic nitrogens is 1. The number of anilines is 1. The Hall–Kier alpha value is -1.09. The van der Waals surface area contributed by atoms with Crippen molar-refractivity contribution in [2.45, 2.75) is 38.6 Å². The number of piperidine rings is 1. The van der Waals surface area contributed by atoms with Gasteiger partial charge in [-0.15, -0.1) is 0 Å². The Morgan fingerprint density at radius 2 is 2.06 bits per heavy atom.